The minimum absolute atomic E-state index is 0.0296. The number of carbonyl (C=O) groups is 3. The van der Waals surface area contributed by atoms with Crippen LogP contribution in [0.3, 0.4) is 0 Å². The van der Waals surface area contributed by atoms with Crippen LogP contribution in [0.15, 0.2) is 48.2 Å². The Balaban J connectivity index is 1.70. The van der Waals surface area contributed by atoms with E-state index >= 15 is 0 Å². The van der Waals surface area contributed by atoms with E-state index in [0.717, 1.165) is 32.1 Å². The van der Waals surface area contributed by atoms with E-state index in [-0.39, 0.29) is 49.8 Å². The zero-order chi connectivity index (χ0) is 30.5. The predicted octanol–water partition coefficient (Wildman–Crippen LogP) is 5.26. The molecule has 0 spiro atoms. The number of ether oxygens (including phenoxy) is 2. The van der Waals surface area contributed by atoms with Gasteiger partial charge in [0.05, 0.1) is 19.8 Å². The lowest BCUT2D eigenvalue weighted by molar-refractivity contribution is -0.136. The summed E-state index contributed by atoms with van der Waals surface area (Å²) >= 11 is 0. The third-order valence-corrected chi connectivity index (χ3v) is 8.84. The molecule has 1 saturated carbocycles. The molecule has 0 aromatic rings. The summed E-state index contributed by atoms with van der Waals surface area (Å²) in [4.78, 5) is 44.7. The zero-order valence-corrected chi connectivity index (χ0v) is 25.8. The van der Waals surface area contributed by atoms with Crippen LogP contribution >= 0.6 is 0 Å². The minimum atomic E-state index is -1.23. The van der Waals surface area contributed by atoms with Crippen molar-refractivity contribution in [3.63, 3.8) is 0 Å². The molecule has 5 atom stereocenters. The van der Waals surface area contributed by atoms with Gasteiger partial charge < -0.3 is 19.7 Å². The third-order valence-electron chi connectivity index (χ3n) is 8.84. The van der Waals surface area contributed by atoms with E-state index in [1.807, 2.05) is 25.2 Å². The highest BCUT2D eigenvalue weighted by molar-refractivity contribution is 5.91. The first kappa shape index (κ1) is 32.0. The molecule has 1 aliphatic heterocycles. The van der Waals surface area contributed by atoms with Crippen molar-refractivity contribution < 1.29 is 28.2 Å². The topological polar surface area (TPSA) is 88.2 Å². The molecule has 1 saturated heterocycles. The Hall–Kier alpha value is -2.94. The van der Waals surface area contributed by atoms with Crippen LogP contribution in [-0.4, -0.2) is 83.8 Å². The van der Waals surface area contributed by atoms with Gasteiger partial charge in [0, 0.05) is 30.1 Å². The van der Waals surface area contributed by atoms with Crippen LogP contribution in [0, 0.1) is 11.3 Å². The summed E-state index contributed by atoms with van der Waals surface area (Å²) in [6.45, 7) is 9.77. The molecule has 232 valence electrons. The Morgan fingerprint density at radius 1 is 1.21 bits per heavy atom. The lowest BCUT2D eigenvalue weighted by Gasteiger charge is -2.47. The maximum absolute atomic E-state index is 14.8. The van der Waals surface area contributed by atoms with Crippen molar-refractivity contribution in [2.75, 3.05) is 26.3 Å². The fraction of sp³-hybridized carbons (Fsp3) is 0.667. The SMILES string of the molecule is CC1C=CC=CC1(C)[C@@H](C(=O)NC1CCCCC1)N(CC(=O)[C@@H]1COCCN1C(=O)OC(C)(C)C)C1=CC(F)CC=C1. The maximum Gasteiger partial charge on any atom is 0.411 e. The van der Waals surface area contributed by atoms with Crippen LogP contribution < -0.4 is 5.32 Å². The van der Waals surface area contributed by atoms with Gasteiger partial charge in [-0.1, -0.05) is 63.5 Å². The number of hydrogen-bond acceptors (Lipinski definition) is 6. The van der Waals surface area contributed by atoms with Gasteiger partial charge in [-0.2, -0.15) is 0 Å². The van der Waals surface area contributed by atoms with Gasteiger partial charge >= 0.3 is 6.09 Å². The second-order valence-corrected chi connectivity index (χ2v) is 13.2. The number of halogens is 1. The summed E-state index contributed by atoms with van der Waals surface area (Å²) in [5.41, 5.74) is -0.932. The largest absolute Gasteiger partial charge is 0.444 e. The molecule has 1 heterocycles. The second-order valence-electron chi connectivity index (χ2n) is 13.2. The van der Waals surface area contributed by atoms with Crippen LogP contribution in [-0.2, 0) is 19.1 Å². The number of ketones is 1. The van der Waals surface area contributed by atoms with Crippen molar-refractivity contribution >= 4 is 17.8 Å². The van der Waals surface area contributed by atoms with Gasteiger partial charge in [0.25, 0.3) is 0 Å². The quantitative estimate of drug-likeness (QED) is 0.418. The number of amides is 2. The molecule has 9 heteroatoms. The van der Waals surface area contributed by atoms with E-state index < -0.39 is 35.4 Å². The first-order chi connectivity index (χ1) is 19.9. The average Bonchev–Trinajstić information content (AvgIpc) is 2.94. The third kappa shape index (κ3) is 7.71. The van der Waals surface area contributed by atoms with Gasteiger partial charge in [0.15, 0.2) is 5.78 Å². The summed E-state index contributed by atoms with van der Waals surface area (Å²) in [5, 5.41) is 3.29. The molecule has 8 nitrogen and oxygen atoms in total. The average molecular weight is 586 g/mol. The molecule has 0 aromatic carbocycles. The molecule has 4 aliphatic rings. The van der Waals surface area contributed by atoms with Gasteiger partial charge in [-0.3, -0.25) is 14.5 Å². The van der Waals surface area contributed by atoms with E-state index in [2.05, 4.69) is 18.3 Å². The van der Waals surface area contributed by atoms with Crippen LogP contribution in [0.1, 0.15) is 73.1 Å². The van der Waals surface area contributed by atoms with Crippen LogP contribution in [0.25, 0.3) is 0 Å². The summed E-state index contributed by atoms with van der Waals surface area (Å²) < 4.78 is 26.1. The normalized spacial score (nSPS) is 29.0. The molecule has 3 aliphatic carbocycles. The summed E-state index contributed by atoms with van der Waals surface area (Å²) in [7, 11) is 0. The number of allylic oxidation sites excluding steroid dienone is 6. The molecule has 3 unspecified atom stereocenters. The number of nitrogens with one attached hydrogen (secondary N) is 1. The predicted molar refractivity (Wildman–Crippen MR) is 160 cm³/mol. The molecule has 42 heavy (non-hydrogen) atoms. The molecule has 0 radical (unpaired) electrons. The second kappa shape index (κ2) is 13.6. The highest BCUT2D eigenvalue weighted by Gasteiger charge is 2.47. The molecule has 0 bridgehead atoms. The molecule has 0 aromatic heterocycles. The first-order valence-electron chi connectivity index (χ1n) is 15.4. The van der Waals surface area contributed by atoms with E-state index in [1.165, 1.54) is 11.0 Å². The van der Waals surface area contributed by atoms with Crippen molar-refractivity contribution in [2.45, 2.75) is 103 Å². The van der Waals surface area contributed by atoms with Crippen LogP contribution in [0.5, 0.6) is 0 Å². The van der Waals surface area contributed by atoms with Gasteiger partial charge in [-0.15, -0.1) is 0 Å². The van der Waals surface area contributed by atoms with Gasteiger partial charge in [-0.25, -0.2) is 9.18 Å². The van der Waals surface area contributed by atoms with E-state index in [9.17, 15) is 18.8 Å². The van der Waals surface area contributed by atoms with Crippen molar-refractivity contribution in [1.29, 1.82) is 0 Å². The molecule has 4 rings (SSSR count). The number of rotatable bonds is 8. The van der Waals surface area contributed by atoms with Crippen LogP contribution in [0.4, 0.5) is 9.18 Å². The number of morpholine rings is 1. The monoisotopic (exact) mass is 585 g/mol. The number of hydrogen-bond donors (Lipinski definition) is 1. The first-order valence-corrected chi connectivity index (χ1v) is 15.4. The van der Waals surface area contributed by atoms with E-state index in [0.29, 0.717) is 12.3 Å². The highest BCUT2D eigenvalue weighted by atomic mass is 19.1. The Bertz CT molecular complexity index is 1120. The number of alkyl halides is 1. The van der Waals surface area contributed by atoms with E-state index in [1.54, 1.807) is 37.8 Å². The Kier molecular flexibility index (Phi) is 10.3. The fourth-order valence-electron chi connectivity index (χ4n) is 6.31. The minimum Gasteiger partial charge on any atom is -0.444 e. The van der Waals surface area contributed by atoms with Crippen molar-refractivity contribution in [1.82, 2.24) is 15.1 Å². The fourth-order valence-corrected chi connectivity index (χ4v) is 6.31. The van der Waals surface area contributed by atoms with Crippen LogP contribution in [0.2, 0.25) is 0 Å². The Labute approximate surface area is 250 Å². The number of carbonyl (C=O) groups excluding carboxylic acids is 3. The lowest BCUT2D eigenvalue weighted by Crippen LogP contribution is -2.61. The van der Waals surface area contributed by atoms with Crippen molar-refractivity contribution in [2.24, 2.45) is 11.3 Å². The molecule has 2 amide bonds. The Morgan fingerprint density at radius 2 is 1.95 bits per heavy atom. The molecular formula is C33H48FN3O5. The standard InChI is InChI=1S/C33H48FN3O5/c1-23-12-9-10-17-33(23,5)29(30(39)35-25-14-7-6-8-15-25)37(26-16-11-13-24(34)20-26)21-28(38)27-22-41-19-18-36(27)31(40)42-32(2,3)4/h9-12,16-17,20,23-25,27,29H,6-8,13-15,18-19,21-22H2,1-5H3,(H,35,39)/t23?,24?,27-,29+,33?/m0/s1. The highest BCUT2D eigenvalue weighted by Crippen LogP contribution is 2.41. The van der Waals surface area contributed by atoms with Crippen molar-refractivity contribution in [3.8, 4) is 0 Å². The number of nitrogens with zero attached hydrogens (tertiary/aromatic N) is 2. The van der Waals surface area contributed by atoms with Crippen molar-refractivity contribution in [3.05, 3.63) is 48.2 Å². The smallest absolute Gasteiger partial charge is 0.411 e. The molecule has 1 N–H and O–H groups in total. The van der Waals surface area contributed by atoms with Gasteiger partial charge in [0.1, 0.15) is 23.9 Å². The van der Waals surface area contributed by atoms with Gasteiger partial charge in [0.2, 0.25) is 5.91 Å². The van der Waals surface area contributed by atoms with Gasteiger partial charge in [-0.05, 0) is 51.7 Å². The Morgan fingerprint density at radius 3 is 2.62 bits per heavy atom. The zero-order valence-electron chi connectivity index (χ0n) is 25.8. The summed E-state index contributed by atoms with van der Waals surface area (Å²) in [6.07, 6.45) is 16.6. The van der Waals surface area contributed by atoms with E-state index in [4.69, 9.17) is 9.47 Å². The summed E-state index contributed by atoms with van der Waals surface area (Å²) in [5.74, 6) is -0.506. The maximum atomic E-state index is 14.8. The molecular weight excluding hydrogens is 537 g/mol. The lowest BCUT2D eigenvalue weighted by atomic mass is 9.68. The number of Topliss-reactive ketones (excluding diaryl/α,β-unsaturated/α-hetero) is 1. The summed E-state index contributed by atoms with van der Waals surface area (Å²) in [6, 6.07) is -1.63. The molecule has 2 fully saturated rings.